The van der Waals surface area contributed by atoms with Crippen LogP contribution in [0.5, 0.6) is 0 Å². The van der Waals surface area contributed by atoms with Gasteiger partial charge in [0.15, 0.2) is 5.16 Å². The van der Waals surface area contributed by atoms with E-state index in [4.69, 9.17) is 4.42 Å². The third kappa shape index (κ3) is 2.92. The number of benzene rings is 1. The maximum atomic E-state index is 11.7. The summed E-state index contributed by atoms with van der Waals surface area (Å²) in [6.07, 6.45) is 1.73. The second-order valence-corrected chi connectivity index (χ2v) is 6.44. The lowest BCUT2D eigenvalue weighted by Gasteiger charge is -2.10. The standard InChI is InChI=1S/C16H17N3O2S/c1-10(2)19-9-17-18-16(19)22-8-12-7-15(20)21-14-6-11(3)4-5-13(12)14/h4-7,9-10H,8H2,1-3H3. The van der Waals surface area contributed by atoms with Gasteiger partial charge in [-0.3, -0.25) is 0 Å². The molecule has 0 fully saturated rings. The van der Waals surface area contributed by atoms with E-state index in [1.165, 1.54) is 0 Å². The number of thioether (sulfide) groups is 1. The van der Waals surface area contributed by atoms with E-state index >= 15 is 0 Å². The molecule has 5 nitrogen and oxygen atoms in total. The van der Waals surface area contributed by atoms with Crippen molar-refractivity contribution in [2.45, 2.75) is 37.7 Å². The molecular weight excluding hydrogens is 298 g/mol. The fraction of sp³-hybridized carbons (Fsp3) is 0.312. The molecule has 0 saturated heterocycles. The summed E-state index contributed by atoms with van der Waals surface area (Å²) in [4.78, 5) is 11.7. The van der Waals surface area contributed by atoms with E-state index in [1.54, 1.807) is 24.2 Å². The van der Waals surface area contributed by atoms with Crippen LogP contribution in [0.25, 0.3) is 11.0 Å². The third-order valence-corrected chi connectivity index (χ3v) is 4.45. The van der Waals surface area contributed by atoms with Crippen LogP contribution in [0.15, 0.2) is 45.0 Å². The van der Waals surface area contributed by atoms with E-state index in [-0.39, 0.29) is 5.63 Å². The van der Waals surface area contributed by atoms with Gasteiger partial charge in [-0.25, -0.2) is 4.79 Å². The molecule has 0 amide bonds. The first-order valence-corrected chi connectivity index (χ1v) is 8.09. The molecule has 0 aliphatic rings. The Balaban J connectivity index is 1.94. The summed E-state index contributed by atoms with van der Waals surface area (Å²) in [5, 5.41) is 9.92. The first-order valence-electron chi connectivity index (χ1n) is 7.10. The van der Waals surface area contributed by atoms with E-state index in [9.17, 15) is 4.79 Å². The van der Waals surface area contributed by atoms with E-state index in [1.807, 2.05) is 29.7 Å². The van der Waals surface area contributed by atoms with Crippen LogP contribution >= 0.6 is 11.8 Å². The van der Waals surface area contributed by atoms with Crippen LogP contribution in [0.2, 0.25) is 0 Å². The van der Waals surface area contributed by atoms with Crippen molar-refractivity contribution in [1.29, 1.82) is 0 Å². The van der Waals surface area contributed by atoms with E-state index in [0.29, 0.717) is 17.4 Å². The van der Waals surface area contributed by atoms with E-state index < -0.39 is 0 Å². The number of hydrogen-bond donors (Lipinski definition) is 0. The molecule has 0 N–H and O–H groups in total. The molecule has 6 heteroatoms. The summed E-state index contributed by atoms with van der Waals surface area (Å²) >= 11 is 1.57. The first-order chi connectivity index (χ1) is 10.5. The van der Waals surface area contributed by atoms with Gasteiger partial charge < -0.3 is 8.98 Å². The second kappa shape index (κ2) is 5.96. The second-order valence-electron chi connectivity index (χ2n) is 5.49. The summed E-state index contributed by atoms with van der Waals surface area (Å²) in [7, 11) is 0. The van der Waals surface area contributed by atoms with Crippen molar-refractivity contribution in [1.82, 2.24) is 14.8 Å². The van der Waals surface area contributed by atoms with Gasteiger partial charge >= 0.3 is 5.63 Å². The minimum absolute atomic E-state index is 0.303. The van der Waals surface area contributed by atoms with Gasteiger partial charge in [0.2, 0.25) is 0 Å². The van der Waals surface area contributed by atoms with Crippen LogP contribution in [0, 0.1) is 6.92 Å². The van der Waals surface area contributed by atoms with Gasteiger partial charge in [-0.1, -0.05) is 23.9 Å². The lowest BCUT2D eigenvalue weighted by molar-refractivity contribution is 0.549. The highest BCUT2D eigenvalue weighted by atomic mass is 32.2. The summed E-state index contributed by atoms with van der Waals surface area (Å²) in [5.41, 5.74) is 2.34. The lowest BCUT2D eigenvalue weighted by atomic mass is 10.1. The molecule has 0 saturated carbocycles. The van der Waals surface area contributed by atoms with Crippen molar-refractivity contribution in [2.75, 3.05) is 0 Å². The third-order valence-electron chi connectivity index (χ3n) is 3.44. The maximum absolute atomic E-state index is 11.7. The molecule has 114 valence electrons. The summed E-state index contributed by atoms with van der Waals surface area (Å²) in [6.45, 7) is 6.15. The highest BCUT2D eigenvalue weighted by Gasteiger charge is 2.11. The normalized spacial score (nSPS) is 11.5. The Morgan fingerprint density at radius 1 is 1.32 bits per heavy atom. The van der Waals surface area contributed by atoms with Crippen molar-refractivity contribution in [3.8, 4) is 0 Å². The number of nitrogens with zero attached hydrogens (tertiary/aromatic N) is 3. The molecule has 0 aliphatic heterocycles. The molecule has 3 aromatic rings. The molecule has 3 rings (SSSR count). The first kappa shape index (κ1) is 14.8. The van der Waals surface area contributed by atoms with Gasteiger partial charge in [-0.2, -0.15) is 0 Å². The highest BCUT2D eigenvalue weighted by Crippen LogP contribution is 2.27. The summed E-state index contributed by atoms with van der Waals surface area (Å²) < 4.78 is 7.30. The molecule has 0 unspecified atom stereocenters. The van der Waals surface area contributed by atoms with Gasteiger partial charge in [0.05, 0.1) is 0 Å². The van der Waals surface area contributed by atoms with Crippen LogP contribution in [0.3, 0.4) is 0 Å². The maximum Gasteiger partial charge on any atom is 0.336 e. The number of hydrogen-bond acceptors (Lipinski definition) is 5. The SMILES string of the molecule is Cc1ccc2c(CSc3nncn3C(C)C)cc(=O)oc2c1. The van der Waals surface area contributed by atoms with Crippen molar-refractivity contribution < 1.29 is 4.42 Å². The monoisotopic (exact) mass is 315 g/mol. The van der Waals surface area contributed by atoms with Crippen molar-refractivity contribution in [3.05, 3.63) is 52.1 Å². The fourth-order valence-corrected chi connectivity index (χ4v) is 3.32. The van der Waals surface area contributed by atoms with Gasteiger partial charge in [-0.15, -0.1) is 10.2 Å². The van der Waals surface area contributed by atoms with Gasteiger partial charge in [0.1, 0.15) is 11.9 Å². The number of fused-ring (bicyclic) bond motifs is 1. The van der Waals surface area contributed by atoms with Crippen LogP contribution in [-0.4, -0.2) is 14.8 Å². The molecule has 2 heterocycles. The molecule has 2 aromatic heterocycles. The number of aryl methyl sites for hydroxylation is 1. The molecule has 22 heavy (non-hydrogen) atoms. The summed E-state index contributed by atoms with van der Waals surface area (Å²) in [6, 6.07) is 7.77. The van der Waals surface area contributed by atoms with Crippen molar-refractivity contribution in [2.24, 2.45) is 0 Å². The fourth-order valence-electron chi connectivity index (χ4n) is 2.29. The van der Waals surface area contributed by atoms with Gasteiger partial charge in [0.25, 0.3) is 0 Å². The minimum atomic E-state index is -0.320. The van der Waals surface area contributed by atoms with Crippen LogP contribution in [-0.2, 0) is 5.75 Å². The van der Waals surface area contributed by atoms with Gasteiger partial charge in [0, 0.05) is 23.2 Å². The Labute approximate surface area is 132 Å². The molecular formula is C16H17N3O2S. The largest absolute Gasteiger partial charge is 0.423 e. The Morgan fingerprint density at radius 2 is 2.14 bits per heavy atom. The zero-order chi connectivity index (χ0) is 15.7. The molecule has 0 radical (unpaired) electrons. The average molecular weight is 315 g/mol. The quantitative estimate of drug-likeness (QED) is 0.544. The molecule has 0 atom stereocenters. The van der Waals surface area contributed by atoms with E-state index in [2.05, 4.69) is 24.0 Å². The number of aromatic nitrogens is 3. The average Bonchev–Trinajstić information content (AvgIpc) is 2.92. The Kier molecular flexibility index (Phi) is 4.02. The zero-order valence-electron chi connectivity index (χ0n) is 12.7. The predicted octanol–water partition coefficient (Wildman–Crippen LogP) is 3.57. The Morgan fingerprint density at radius 3 is 2.91 bits per heavy atom. The topological polar surface area (TPSA) is 60.9 Å². The summed E-state index contributed by atoms with van der Waals surface area (Å²) in [5.74, 6) is 0.649. The van der Waals surface area contributed by atoms with E-state index in [0.717, 1.165) is 21.7 Å². The lowest BCUT2D eigenvalue weighted by Crippen LogP contribution is -2.02. The van der Waals surface area contributed by atoms with Crippen molar-refractivity contribution >= 4 is 22.7 Å². The van der Waals surface area contributed by atoms with Crippen LogP contribution in [0.4, 0.5) is 0 Å². The number of rotatable bonds is 4. The Bertz CT molecular complexity index is 867. The van der Waals surface area contributed by atoms with Crippen LogP contribution in [0.1, 0.15) is 31.0 Å². The smallest absolute Gasteiger partial charge is 0.336 e. The van der Waals surface area contributed by atoms with Crippen LogP contribution < -0.4 is 5.63 Å². The molecule has 0 spiro atoms. The molecule has 0 aliphatic carbocycles. The van der Waals surface area contributed by atoms with Crippen molar-refractivity contribution in [3.63, 3.8) is 0 Å². The highest BCUT2D eigenvalue weighted by molar-refractivity contribution is 7.98. The van der Waals surface area contributed by atoms with Gasteiger partial charge in [-0.05, 0) is 38.0 Å². The zero-order valence-corrected chi connectivity index (χ0v) is 13.6. The molecule has 1 aromatic carbocycles. The minimum Gasteiger partial charge on any atom is -0.423 e. The predicted molar refractivity (Wildman–Crippen MR) is 87.2 cm³/mol. The Hall–Kier alpha value is -2.08. The molecule has 0 bridgehead atoms.